The number of fused-ring (bicyclic) bond motifs is 2. The minimum Gasteiger partial charge on any atom is -0.451 e. The summed E-state index contributed by atoms with van der Waals surface area (Å²) in [5.74, 6) is 0. The van der Waals surface area contributed by atoms with E-state index in [4.69, 9.17) is 4.42 Å². The van der Waals surface area contributed by atoms with Crippen molar-refractivity contribution in [3.63, 3.8) is 0 Å². The average molecular weight is 390 g/mol. The van der Waals surface area contributed by atoms with Crippen molar-refractivity contribution in [2.45, 2.75) is 56.6 Å². The van der Waals surface area contributed by atoms with Crippen LogP contribution in [0.2, 0.25) is 0 Å². The molecule has 0 atom stereocenters. The van der Waals surface area contributed by atoms with E-state index < -0.39 is 26.7 Å². The Morgan fingerprint density at radius 2 is 1.81 bits per heavy atom. The van der Waals surface area contributed by atoms with Gasteiger partial charge in [-0.1, -0.05) is 6.07 Å². The zero-order valence-corrected chi connectivity index (χ0v) is 16.1. The molecule has 2 aliphatic rings. The zero-order valence-electron chi connectivity index (χ0n) is 15.3. The van der Waals surface area contributed by atoms with Crippen molar-refractivity contribution in [3.05, 3.63) is 46.2 Å². The average Bonchev–Trinajstić information content (AvgIpc) is 3.18. The molecule has 0 radical (unpaired) electrons. The van der Waals surface area contributed by atoms with Gasteiger partial charge in [0.15, 0.2) is 0 Å². The van der Waals surface area contributed by atoms with Crippen LogP contribution in [-0.4, -0.2) is 19.6 Å². The van der Waals surface area contributed by atoms with Gasteiger partial charge >= 0.3 is 6.03 Å². The third-order valence-electron chi connectivity index (χ3n) is 5.26. The number of furan rings is 1. The van der Waals surface area contributed by atoms with Gasteiger partial charge in [0.2, 0.25) is 5.09 Å². The van der Waals surface area contributed by atoms with Crippen LogP contribution in [0.4, 0.5) is 10.5 Å². The van der Waals surface area contributed by atoms with Gasteiger partial charge in [-0.25, -0.2) is 9.52 Å². The molecule has 0 aliphatic heterocycles. The first-order chi connectivity index (χ1) is 12.6. The maximum atomic E-state index is 12.4. The molecule has 4 rings (SSSR count). The summed E-state index contributed by atoms with van der Waals surface area (Å²) in [6.45, 7) is 3.03. The maximum absolute atomic E-state index is 12.4. The van der Waals surface area contributed by atoms with Crippen LogP contribution < -0.4 is 10.0 Å². The Bertz CT molecular complexity index is 1030. The van der Waals surface area contributed by atoms with Gasteiger partial charge in [-0.3, -0.25) is 0 Å². The van der Waals surface area contributed by atoms with E-state index in [0.29, 0.717) is 5.56 Å². The lowest BCUT2D eigenvalue weighted by Crippen LogP contribution is -2.35. The lowest BCUT2D eigenvalue weighted by Gasteiger charge is -2.26. The molecule has 7 nitrogen and oxygen atoms in total. The molecule has 144 valence electrons. The quantitative estimate of drug-likeness (QED) is 0.744. The number of carbonyl (C=O) groups is 1. The van der Waals surface area contributed by atoms with Gasteiger partial charge in [-0.05, 0) is 68.2 Å². The molecule has 0 bridgehead atoms. The molecule has 0 spiro atoms. The fraction of sp³-hybridized carbons (Fsp3) is 0.421. The normalized spacial score (nSPS) is 15.7. The van der Waals surface area contributed by atoms with Crippen LogP contribution in [0.1, 0.15) is 48.1 Å². The highest BCUT2D eigenvalue weighted by molar-refractivity contribution is 7.89. The molecule has 0 saturated heterocycles. The second-order valence-electron chi connectivity index (χ2n) is 7.65. The first-order valence-corrected chi connectivity index (χ1v) is 10.4. The molecule has 8 heteroatoms. The summed E-state index contributed by atoms with van der Waals surface area (Å²) in [4.78, 5) is 12.4. The number of amides is 2. The molecule has 2 aromatic rings. The third-order valence-corrected chi connectivity index (χ3v) is 6.45. The number of hydrogen-bond acceptors (Lipinski definition) is 5. The Labute approximate surface area is 157 Å². The molecule has 1 aromatic carbocycles. The molecular weight excluding hydrogens is 368 g/mol. The van der Waals surface area contributed by atoms with Crippen LogP contribution in [0, 0.1) is 0 Å². The number of sulfonamides is 1. The Morgan fingerprint density at radius 1 is 1.11 bits per heavy atom. The Kier molecular flexibility index (Phi) is 4.08. The summed E-state index contributed by atoms with van der Waals surface area (Å²) in [7, 11) is -4.18. The Morgan fingerprint density at radius 3 is 2.44 bits per heavy atom. The van der Waals surface area contributed by atoms with Gasteiger partial charge in [0.1, 0.15) is 0 Å². The van der Waals surface area contributed by atoms with Crippen molar-refractivity contribution >= 4 is 21.7 Å². The number of rotatable bonds is 4. The van der Waals surface area contributed by atoms with Crippen molar-refractivity contribution in [3.8, 4) is 0 Å². The molecule has 0 saturated carbocycles. The van der Waals surface area contributed by atoms with Gasteiger partial charge in [0.25, 0.3) is 10.0 Å². The largest absolute Gasteiger partial charge is 0.451 e. The van der Waals surface area contributed by atoms with E-state index in [0.717, 1.165) is 48.9 Å². The first-order valence-electron chi connectivity index (χ1n) is 8.97. The monoisotopic (exact) mass is 390 g/mol. The summed E-state index contributed by atoms with van der Waals surface area (Å²) in [6, 6.07) is 2.61. The molecule has 0 unspecified atom stereocenters. The van der Waals surface area contributed by atoms with Gasteiger partial charge < -0.3 is 14.8 Å². The molecule has 2 aliphatic carbocycles. The van der Waals surface area contributed by atoms with Gasteiger partial charge in [-0.15, -0.1) is 0 Å². The lowest BCUT2D eigenvalue weighted by molar-refractivity contribution is 0.0779. The Hall–Kier alpha value is -2.32. The highest BCUT2D eigenvalue weighted by Gasteiger charge is 2.29. The highest BCUT2D eigenvalue weighted by Crippen LogP contribution is 2.39. The number of aryl methyl sites for hydroxylation is 2. The van der Waals surface area contributed by atoms with Crippen LogP contribution >= 0.6 is 0 Å². The number of aliphatic hydroxyl groups is 1. The van der Waals surface area contributed by atoms with E-state index in [-0.39, 0.29) is 0 Å². The van der Waals surface area contributed by atoms with Crippen molar-refractivity contribution in [1.82, 2.24) is 4.72 Å². The van der Waals surface area contributed by atoms with Crippen molar-refractivity contribution < 1.29 is 22.7 Å². The van der Waals surface area contributed by atoms with E-state index in [2.05, 4.69) is 11.4 Å². The smallest absolute Gasteiger partial charge is 0.333 e. The predicted octanol–water partition coefficient (Wildman–Crippen LogP) is 2.60. The fourth-order valence-corrected chi connectivity index (χ4v) is 4.54. The second-order valence-corrected chi connectivity index (χ2v) is 9.27. The summed E-state index contributed by atoms with van der Waals surface area (Å²) in [6.07, 6.45) is 5.96. The summed E-state index contributed by atoms with van der Waals surface area (Å²) in [5.41, 5.74) is 4.52. The number of nitrogens with one attached hydrogen (secondary N) is 2. The number of hydrogen-bond donors (Lipinski definition) is 3. The standard InChI is InChI=1S/C19H22N2O5S/c1-19(2,23)13-9-16(26-10-13)27(24,25)21-18(22)20-17-14-5-3-4-11(14)8-12-6-7-15(12)17/h8-10,23H,3-7H2,1-2H3,(H2,20,21,22). The minimum absolute atomic E-state index is 0.311. The number of urea groups is 1. The second kappa shape index (κ2) is 6.10. The van der Waals surface area contributed by atoms with Gasteiger partial charge in [0, 0.05) is 17.3 Å². The SMILES string of the molecule is CC(C)(O)c1coc(S(=O)(=O)NC(=O)Nc2c3c(cc4c2CC4)CCC3)c1. The van der Waals surface area contributed by atoms with Crippen LogP contribution in [0.5, 0.6) is 0 Å². The van der Waals surface area contributed by atoms with E-state index in [9.17, 15) is 18.3 Å². The first kappa shape index (κ1) is 18.1. The molecular formula is C19H22N2O5S. The van der Waals surface area contributed by atoms with Crippen LogP contribution in [0.25, 0.3) is 0 Å². The van der Waals surface area contributed by atoms with Crippen LogP contribution in [-0.2, 0) is 41.3 Å². The topological polar surface area (TPSA) is 109 Å². The summed E-state index contributed by atoms with van der Waals surface area (Å²) < 4.78 is 31.9. The number of benzene rings is 1. The fourth-order valence-electron chi connectivity index (χ4n) is 3.68. The minimum atomic E-state index is -4.18. The van der Waals surface area contributed by atoms with Crippen molar-refractivity contribution in [1.29, 1.82) is 0 Å². The maximum Gasteiger partial charge on any atom is 0.333 e. The Balaban J connectivity index is 1.55. The van der Waals surface area contributed by atoms with Gasteiger partial charge in [-0.2, -0.15) is 8.42 Å². The van der Waals surface area contributed by atoms with Crippen molar-refractivity contribution in [2.75, 3.05) is 5.32 Å². The predicted molar refractivity (Wildman–Crippen MR) is 99.2 cm³/mol. The molecule has 1 heterocycles. The summed E-state index contributed by atoms with van der Waals surface area (Å²) >= 11 is 0. The number of anilines is 1. The molecule has 2 amide bonds. The van der Waals surface area contributed by atoms with Crippen LogP contribution in [0.3, 0.4) is 0 Å². The molecule has 3 N–H and O–H groups in total. The van der Waals surface area contributed by atoms with E-state index in [1.807, 2.05) is 4.72 Å². The molecule has 1 aromatic heterocycles. The number of carbonyl (C=O) groups excluding carboxylic acids is 1. The summed E-state index contributed by atoms with van der Waals surface area (Å²) in [5, 5.41) is 12.3. The van der Waals surface area contributed by atoms with Crippen molar-refractivity contribution in [2.24, 2.45) is 0 Å². The van der Waals surface area contributed by atoms with Crippen LogP contribution in [0.15, 0.2) is 27.9 Å². The highest BCUT2D eigenvalue weighted by atomic mass is 32.2. The van der Waals surface area contributed by atoms with E-state index in [1.54, 1.807) is 0 Å². The third kappa shape index (κ3) is 3.23. The van der Waals surface area contributed by atoms with E-state index >= 15 is 0 Å². The lowest BCUT2D eigenvalue weighted by atomic mass is 9.83. The van der Waals surface area contributed by atoms with Gasteiger partial charge in [0.05, 0.1) is 11.9 Å². The molecule has 0 fully saturated rings. The van der Waals surface area contributed by atoms with E-state index in [1.165, 1.54) is 37.3 Å². The zero-order chi connectivity index (χ0) is 19.4. The molecule has 27 heavy (non-hydrogen) atoms.